The smallest absolute Gasteiger partial charge is 0.418 e. The van der Waals surface area contributed by atoms with Crippen LogP contribution in [0.25, 0.3) is 44.4 Å². The molecule has 2 aromatic heterocycles. The maximum Gasteiger partial charge on any atom is 0.418 e. The number of nitrogens with zero attached hydrogens (tertiary/aromatic N) is 2. The quantitative estimate of drug-likeness (QED) is 0.225. The van der Waals surface area contributed by atoms with Crippen LogP contribution in [0.3, 0.4) is 0 Å². The van der Waals surface area contributed by atoms with Crippen LogP contribution in [0.1, 0.15) is 12.5 Å². The lowest BCUT2D eigenvalue weighted by atomic mass is 10.1. The second-order valence-electron chi connectivity index (χ2n) is 6.82. The van der Waals surface area contributed by atoms with Crippen LogP contribution in [0.15, 0.2) is 70.0 Å². The summed E-state index contributed by atoms with van der Waals surface area (Å²) in [7, 11) is 0. The highest BCUT2D eigenvalue weighted by molar-refractivity contribution is 7.99. The SMILES string of the molecule is CCSc1ccccc1-c1nc2cc3nc4c(C(F)(F)F)cccc4cc3cc2o1. The summed E-state index contributed by atoms with van der Waals surface area (Å²) in [6.45, 7) is 2.08. The lowest BCUT2D eigenvalue weighted by Gasteiger charge is -2.10. The minimum absolute atomic E-state index is 0.0646. The molecule has 30 heavy (non-hydrogen) atoms. The van der Waals surface area contributed by atoms with E-state index in [1.807, 2.05) is 24.3 Å². The van der Waals surface area contributed by atoms with Crippen molar-refractivity contribution in [2.75, 3.05) is 5.75 Å². The fraction of sp³-hybridized carbons (Fsp3) is 0.130. The van der Waals surface area contributed by atoms with Crippen molar-refractivity contribution in [3.05, 3.63) is 66.2 Å². The van der Waals surface area contributed by atoms with Crippen molar-refractivity contribution in [1.82, 2.24) is 9.97 Å². The first kappa shape index (κ1) is 18.9. The minimum atomic E-state index is -4.47. The largest absolute Gasteiger partial charge is 0.436 e. The van der Waals surface area contributed by atoms with Gasteiger partial charge >= 0.3 is 6.18 Å². The molecule has 7 heteroatoms. The van der Waals surface area contributed by atoms with Gasteiger partial charge < -0.3 is 4.42 Å². The number of pyridine rings is 1. The van der Waals surface area contributed by atoms with Gasteiger partial charge in [0.15, 0.2) is 5.58 Å². The van der Waals surface area contributed by atoms with Crippen LogP contribution in [0.2, 0.25) is 0 Å². The Hall–Kier alpha value is -3.06. The molecular weight excluding hydrogens is 409 g/mol. The molecule has 3 aromatic carbocycles. The molecule has 0 spiro atoms. The van der Waals surface area contributed by atoms with Gasteiger partial charge in [-0.2, -0.15) is 13.2 Å². The van der Waals surface area contributed by atoms with E-state index in [-0.39, 0.29) is 5.52 Å². The van der Waals surface area contributed by atoms with Gasteiger partial charge in [-0.15, -0.1) is 11.8 Å². The van der Waals surface area contributed by atoms with Crippen molar-refractivity contribution in [2.24, 2.45) is 0 Å². The number of alkyl halides is 3. The number of halogens is 3. The van der Waals surface area contributed by atoms with E-state index in [1.165, 1.54) is 6.07 Å². The van der Waals surface area contributed by atoms with Gasteiger partial charge in [-0.1, -0.05) is 31.2 Å². The lowest BCUT2D eigenvalue weighted by molar-refractivity contribution is -0.136. The van der Waals surface area contributed by atoms with E-state index in [2.05, 4.69) is 16.9 Å². The van der Waals surface area contributed by atoms with E-state index in [0.29, 0.717) is 33.3 Å². The summed E-state index contributed by atoms with van der Waals surface area (Å²) in [5.74, 6) is 1.40. The molecule has 0 bridgehead atoms. The molecule has 0 unspecified atom stereocenters. The van der Waals surface area contributed by atoms with E-state index in [4.69, 9.17) is 4.42 Å². The normalized spacial score (nSPS) is 12.3. The van der Waals surface area contributed by atoms with Crippen molar-refractivity contribution < 1.29 is 17.6 Å². The van der Waals surface area contributed by atoms with Crippen molar-refractivity contribution in [3.8, 4) is 11.5 Å². The molecule has 2 heterocycles. The van der Waals surface area contributed by atoms with Gasteiger partial charge in [0.2, 0.25) is 5.89 Å². The summed E-state index contributed by atoms with van der Waals surface area (Å²) in [5, 5.41) is 1.13. The summed E-state index contributed by atoms with van der Waals surface area (Å²) >= 11 is 1.70. The highest BCUT2D eigenvalue weighted by Gasteiger charge is 2.33. The molecule has 0 aliphatic carbocycles. The molecule has 0 saturated carbocycles. The first-order valence-electron chi connectivity index (χ1n) is 9.37. The number of aromatic nitrogens is 2. The molecule has 3 nitrogen and oxygen atoms in total. The summed E-state index contributed by atoms with van der Waals surface area (Å²) < 4.78 is 46.2. The van der Waals surface area contributed by atoms with Crippen LogP contribution in [0.5, 0.6) is 0 Å². The number of para-hydroxylation sites is 1. The third-order valence-corrected chi connectivity index (χ3v) is 5.83. The third-order valence-electron chi connectivity index (χ3n) is 4.87. The van der Waals surface area contributed by atoms with Crippen molar-refractivity contribution in [3.63, 3.8) is 0 Å². The number of oxazole rings is 1. The molecule has 0 aliphatic rings. The number of hydrogen-bond donors (Lipinski definition) is 0. The molecule has 0 aliphatic heterocycles. The number of fused-ring (bicyclic) bond motifs is 3. The Balaban J connectivity index is 1.72. The van der Waals surface area contributed by atoms with Gasteiger partial charge in [-0.3, -0.25) is 0 Å². The van der Waals surface area contributed by atoms with Crippen molar-refractivity contribution in [1.29, 1.82) is 0 Å². The fourth-order valence-electron chi connectivity index (χ4n) is 3.55. The van der Waals surface area contributed by atoms with Gasteiger partial charge in [0.25, 0.3) is 0 Å². The van der Waals surface area contributed by atoms with Gasteiger partial charge in [0.05, 0.1) is 22.2 Å². The molecule has 150 valence electrons. The first-order chi connectivity index (χ1) is 14.4. The summed E-state index contributed by atoms with van der Waals surface area (Å²) in [6, 6.07) is 17.1. The molecule has 0 fully saturated rings. The van der Waals surface area contributed by atoms with Crippen LogP contribution in [-0.4, -0.2) is 15.7 Å². The average molecular weight is 424 g/mol. The Bertz CT molecular complexity index is 1410. The maximum atomic E-state index is 13.4. The fourth-order valence-corrected chi connectivity index (χ4v) is 4.35. The number of thioether (sulfide) groups is 1. The zero-order valence-electron chi connectivity index (χ0n) is 15.8. The van der Waals surface area contributed by atoms with Crippen molar-refractivity contribution >= 4 is 44.7 Å². The van der Waals surface area contributed by atoms with Crippen LogP contribution < -0.4 is 0 Å². The predicted octanol–water partition coefficient (Wildman–Crippen LogP) is 7.33. The molecule has 0 atom stereocenters. The third kappa shape index (κ3) is 3.19. The summed E-state index contributed by atoms with van der Waals surface area (Å²) in [4.78, 5) is 9.97. The molecule has 0 saturated heterocycles. The molecule has 0 N–H and O–H groups in total. The number of hydrogen-bond acceptors (Lipinski definition) is 4. The summed E-state index contributed by atoms with van der Waals surface area (Å²) in [5.41, 5.74) is 1.66. The Morgan fingerprint density at radius 1 is 0.900 bits per heavy atom. The highest BCUT2D eigenvalue weighted by Crippen LogP contribution is 2.37. The van der Waals surface area contributed by atoms with E-state index in [9.17, 15) is 13.2 Å². The monoisotopic (exact) mass is 424 g/mol. The van der Waals surface area contributed by atoms with E-state index in [0.717, 1.165) is 22.3 Å². The zero-order valence-corrected chi connectivity index (χ0v) is 16.6. The molecule has 5 rings (SSSR count). The summed E-state index contributed by atoms with van der Waals surface area (Å²) in [6.07, 6.45) is -4.47. The molecule has 0 radical (unpaired) electrons. The van der Waals surface area contributed by atoms with Crippen LogP contribution in [-0.2, 0) is 6.18 Å². The number of rotatable bonds is 3. The Morgan fingerprint density at radius 3 is 2.53 bits per heavy atom. The van der Waals surface area contributed by atoms with Crippen LogP contribution >= 0.6 is 11.8 Å². The minimum Gasteiger partial charge on any atom is -0.436 e. The second-order valence-corrected chi connectivity index (χ2v) is 8.13. The lowest BCUT2D eigenvalue weighted by Crippen LogP contribution is -2.06. The molecule has 5 aromatic rings. The molecule has 0 amide bonds. The molecular formula is C23H15F3N2OS. The zero-order chi connectivity index (χ0) is 20.9. The standard InChI is InChI=1S/C23H15F3N2OS/c1-2-30-20-9-4-3-7-15(20)22-28-18-12-17-14(11-19(18)29-22)10-13-6-5-8-16(21(13)27-17)23(24,25)26/h3-12H,2H2,1H3. The first-order valence-corrected chi connectivity index (χ1v) is 10.4. The van der Waals surface area contributed by atoms with Gasteiger partial charge in [-0.25, -0.2) is 9.97 Å². The second kappa shape index (κ2) is 7.02. The maximum absolute atomic E-state index is 13.4. The predicted molar refractivity (Wildman–Crippen MR) is 114 cm³/mol. The van der Waals surface area contributed by atoms with Gasteiger partial charge in [0, 0.05) is 15.7 Å². The van der Waals surface area contributed by atoms with Gasteiger partial charge in [-0.05, 0) is 42.2 Å². The van der Waals surface area contributed by atoms with E-state index < -0.39 is 11.7 Å². The number of benzene rings is 3. The Morgan fingerprint density at radius 2 is 1.73 bits per heavy atom. The van der Waals surface area contributed by atoms with E-state index in [1.54, 1.807) is 36.0 Å². The van der Waals surface area contributed by atoms with Crippen LogP contribution in [0.4, 0.5) is 13.2 Å². The average Bonchev–Trinajstić information content (AvgIpc) is 3.12. The Kier molecular flexibility index (Phi) is 4.43. The topological polar surface area (TPSA) is 38.9 Å². The van der Waals surface area contributed by atoms with E-state index >= 15 is 0 Å². The Labute approximate surface area is 173 Å². The van der Waals surface area contributed by atoms with Gasteiger partial charge in [0.1, 0.15) is 5.52 Å². The van der Waals surface area contributed by atoms with Crippen molar-refractivity contribution in [2.45, 2.75) is 18.0 Å². The van der Waals surface area contributed by atoms with Crippen LogP contribution in [0, 0.1) is 0 Å². The highest BCUT2D eigenvalue weighted by atomic mass is 32.2.